The van der Waals surface area contributed by atoms with E-state index in [1.165, 1.54) is 5.56 Å². The second kappa shape index (κ2) is 8.85. The van der Waals surface area contributed by atoms with Gasteiger partial charge in [-0.25, -0.2) is 4.99 Å². The fourth-order valence-electron chi connectivity index (χ4n) is 2.16. The summed E-state index contributed by atoms with van der Waals surface area (Å²) >= 11 is 0. The zero-order valence-corrected chi connectivity index (χ0v) is 12.9. The van der Waals surface area contributed by atoms with Gasteiger partial charge >= 0.3 is 0 Å². The molecule has 2 rings (SSSR count). The average Bonchev–Trinajstić information content (AvgIpc) is 2.58. The highest BCUT2D eigenvalue weighted by atomic mass is 16.3. The molecule has 116 valence electrons. The first-order valence-corrected chi connectivity index (χ1v) is 7.57. The Kier molecular flexibility index (Phi) is 6.45. The van der Waals surface area contributed by atoms with Gasteiger partial charge in [-0.3, -0.25) is 0 Å². The number of aliphatic hydroxyl groups is 1. The van der Waals surface area contributed by atoms with E-state index < -0.39 is 0 Å². The molecule has 0 unspecified atom stereocenters. The molecule has 0 aromatic heterocycles. The fraction of sp³-hybridized carbons (Fsp3) is 0.278. The Bertz CT molecular complexity index is 596. The number of hydrogen-bond acceptors (Lipinski definition) is 2. The van der Waals surface area contributed by atoms with Gasteiger partial charge in [0.1, 0.15) is 0 Å². The van der Waals surface area contributed by atoms with Crippen molar-refractivity contribution in [2.24, 2.45) is 4.99 Å². The number of aliphatic hydroxyl groups excluding tert-OH is 1. The summed E-state index contributed by atoms with van der Waals surface area (Å²) in [5.74, 6) is 0.777. The Labute approximate surface area is 131 Å². The summed E-state index contributed by atoms with van der Waals surface area (Å²) in [6, 6.07) is 18.0. The van der Waals surface area contributed by atoms with E-state index >= 15 is 0 Å². The molecule has 0 aliphatic heterocycles. The van der Waals surface area contributed by atoms with Gasteiger partial charge in [0.15, 0.2) is 5.96 Å². The van der Waals surface area contributed by atoms with Crippen LogP contribution in [0.2, 0.25) is 0 Å². The monoisotopic (exact) mass is 297 g/mol. The molecule has 0 heterocycles. The Morgan fingerprint density at radius 1 is 0.955 bits per heavy atom. The summed E-state index contributed by atoms with van der Waals surface area (Å²) < 4.78 is 0. The Hall–Kier alpha value is -2.33. The number of rotatable bonds is 6. The minimum Gasteiger partial charge on any atom is -0.392 e. The van der Waals surface area contributed by atoms with E-state index in [1.54, 1.807) is 0 Å². The van der Waals surface area contributed by atoms with Crippen LogP contribution in [0.1, 0.15) is 23.6 Å². The van der Waals surface area contributed by atoms with Gasteiger partial charge in [0, 0.05) is 13.1 Å². The summed E-state index contributed by atoms with van der Waals surface area (Å²) in [6.07, 6.45) is 0. The van der Waals surface area contributed by atoms with Gasteiger partial charge in [-0.15, -0.1) is 0 Å². The first kappa shape index (κ1) is 16.0. The molecule has 0 aliphatic carbocycles. The zero-order chi connectivity index (χ0) is 15.6. The molecule has 0 aliphatic rings. The molecule has 2 aromatic rings. The lowest BCUT2D eigenvalue weighted by Crippen LogP contribution is -2.37. The largest absolute Gasteiger partial charge is 0.392 e. The van der Waals surface area contributed by atoms with Crippen LogP contribution in [0.4, 0.5) is 0 Å². The van der Waals surface area contributed by atoms with Gasteiger partial charge in [0.25, 0.3) is 0 Å². The van der Waals surface area contributed by atoms with Crippen LogP contribution >= 0.6 is 0 Å². The molecule has 0 spiro atoms. The van der Waals surface area contributed by atoms with Crippen molar-refractivity contribution < 1.29 is 5.11 Å². The van der Waals surface area contributed by atoms with E-state index in [4.69, 9.17) is 0 Å². The van der Waals surface area contributed by atoms with Gasteiger partial charge in [-0.1, -0.05) is 54.6 Å². The highest BCUT2D eigenvalue weighted by Gasteiger charge is 2.02. The average molecular weight is 297 g/mol. The van der Waals surface area contributed by atoms with Gasteiger partial charge in [-0.2, -0.15) is 0 Å². The molecule has 3 N–H and O–H groups in total. The molecular weight excluding hydrogens is 274 g/mol. The number of hydrogen-bond donors (Lipinski definition) is 3. The SMILES string of the molecule is CCNC(=NCc1ccccc1)NCc1ccccc1CO. The number of aliphatic imine (C=N–C) groups is 1. The van der Waals surface area contributed by atoms with Crippen LogP contribution in [0.3, 0.4) is 0 Å². The van der Waals surface area contributed by atoms with E-state index in [0.29, 0.717) is 13.1 Å². The molecule has 4 nitrogen and oxygen atoms in total. The molecule has 4 heteroatoms. The van der Waals surface area contributed by atoms with E-state index in [1.807, 2.05) is 49.4 Å². The minimum atomic E-state index is 0.0511. The standard InChI is InChI=1S/C18H23N3O/c1-2-19-18(20-12-15-8-4-3-5-9-15)21-13-16-10-6-7-11-17(16)14-22/h3-11,22H,2,12-14H2,1H3,(H2,19,20,21). The second-order valence-electron chi connectivity index (χ2n) is 4.96. The lowest BCUT2D eigenvalue weighted by Gasteiger charge is -2.13. The molecular formula is C18H23N3O. The molecule has 0 saturated carbocycles. The molecule has 2 aromatic carbocycles. The Morgan fingerprint density at radius 2 is 1.64 bits per heavy atom. The van der Waals surface area contributed by atoms with Crippen molar-refractivity contribution in [2.75, 3.05) is 6.54 Å². The fourth-order valence-corrected chi connectivity index (χ4v) is 2.16. The number of nitrogens with one attached hydrogen (secondary N) is 2. The van der Waals surface area contributed by atoms with Crippen molar-refractivity contribution >= 4 is 5.96 Å². The van der Waals surface area contributed by atoms with Crippen LogP contribution in [0.15, 0.2) is 59.6 Å². The maximum atomic E-state index is 9.37. The summed E-state index contributed by atoms with van der Waals surface area (Å²) in [4.78, 5) is 4.59. The first-order chi connectivity index (χ1) is 10.8. The van der Waals surface area contributed by atoms with E-state index in [9.17, 15) is 5.11 Å². The summed E-state index contributed by atoms with van der Waals surface area (Å²) in [7, 11) is 0. The first-order valence-electron chi connectivity index (χ1n) is 7.57. The Morgan fingerprint density at radius 3 is 2.32 bits per heavy atom. The lowest BCUT2D eigenvalue weighted by molar-refractivity contribution is 0.280. The third kappa shape index (κ3) is 4.90. The molecule has 0 radical (unpaired) electrons. The van der Waals surface area contributed by atoms with Crippen LogP contribution in [0.5, 0.6) is 0 Å². The predicted molar refractivity (Wildman–Crippen MR) is 90.5 cm³/mol. The van der Waals surface area contributed by atoms with E-state index in [0.717, 1.165) is 23.6 Å². The van der Waals surface area contributed by atoms with Crippen LogP contribution < -0.4 is 10.6 Å². The lowest BCUT2D eigenvalue weighted by atomic mass is 10.1. The second-order valence-corrected chi connectivity index (χ2v) is 4.96. The summed E-state index contributed by atoms with van der Waals surface area (Å²) in [5.41, 5.74) is 3.19. The van der Waals surface area contributed by atoms with E-state index in [2.05, 4.69) is 27.8 Å². The number of benzene rings is 2. The molecule has 0 atom stereocenters. The van der Waals surface area contributed by atoms with Gasteiger partial charge < -0.3 is 15.7 Å². The summed E-state index contributed by atoms with van der Waals surface area (Å²) in [6.45, 7) is 4.17. The van der Waals surface area contributed by atoms with Gasteiger partial charge in [0.05, 0.1) is 13.2 Å². The number of guanidine groups is 1. The smallest absolute Gasteiger partial charge is 0.191 e. The molecule has 0 saturated heterocycles. The van der Waals surface area contributed by atoms with Crippen molar-refractivity contribution in [1.82, 2.24) is 10.6 Å². The highest BCUT2D eigenvalue weighted by Crippen LogP contribution is 2.08. The van der Waals surface area contributed by atoms with E-state index in [-0.39, 0.29) is 6.61 Å². The Balaban J connectivity index is 1.99. The summed E-state index contributed by atoms with van der Waals surface area (Å²) in [5, 5.41) is 15.9. The topological polar surface area (TPSA) is 56.7 Å². The van der Waals surface area contributed by atoms with Gasteiger partial charge in [0.2, 0.25) is 0 Å². The van der Waals surface area contributed by atoms with Crippen LogP contribution in [-0.2, 0) is 19.7 Å². The van der Waals surface area contributed by atoms with Crippen molar-refractivity contribution in [2.45, 2.75) is 26.6 Å². The predicted octanol–water partition coefficient (Wildman–Crippen LogP) is 2.43. The molecule has 0 bridgehead atoms. The van der Waals surface area contributed by atoms with Crippen LogP contribution in [0.25, 0.3) is 0 Å². The molecule has 22 heavy (non-hydrogen) atoms. The zero-order valence-electron chi connectivity index (χ0n) is 12.9. The highest BCUT2D eigenvalue weighted by molar-refractivity contribution is 5.79. The quantitative estimate of drug-likeness (QED) is 0.567. The third-order valence-electron chi connectivity index (χ3n) is 3.34. The number of nitrogens with zero attached hydrogens (tertiary/aromatic N) is 1. The maximum Gasteiger partial charge on any atom is 0.191 e. The maximum absolute atomic E-state index is 9.37. The minimum absolute atomic E-state index is 0.0511. The third-order valence-corrected chi connectivity index (χ3v) is 3.34. The van der Waals surface area contributed by atoms with Crippen molar-refractivity contribution in [3.63, 3.8) is 0 Å². The van der Waals surface area contributed by atoms with Crippen molar-refractivity contribution in [1.29, 1.82) is 0 Å². The van der Waals surface area contributed by atoms with Crippen LogP contribution in [0, 0.1) is 0 Å². The van der Waals surface area contributed by atoms with Crippen LogP contribution in [-0.4, -0.2) is 17.6 Å². The van der Waals surface area contributed by atoms with Crippen molar-refractivity contribution in [3.05, 3.63) is 71.3 Å². The molecule has 0 amide bonds. The normalized spacial score (nSPS) is 11.3. The van der Waals surface area contributed by atoms with Crippen molar-refractivity contribution in [3.8, 4) is 0 Å². The van der Waals surface area contributed by atoms with Gasteiger partial charge in [-0.05, 0) is 23.6 Å². The molecule has 0 fully saturated rings.